The second kappa shape index (κ2) is 5.56. The Bertz CT molecular complexity index is 1010. The second-order valence-corrected chi connectivity index (χ2v) is 6.90. The van der Waals surface area contributed by atoms with Crippen LogP contribution in [0, 0.1) is 4.91 Å². The van der Waals surface area contributed by atoms with Gasteiger partial charge in [-0.05, 0) is 41.6 Å². The van der Waals surface area contributed by atoms with Gasteiger partial charge >= 0.3 is 0 Å². The number of sulfonamides is 1. The molecule has 4 N–H and O–H groups in total. The van der Waals surface area contributed by atoms with Crippen LogP contribution in [-0.2, 0) is 10.0 Å². The van der Waals surface area contributed by atoms with Crippen molar-refractivity contribution in [2.75, 3.05) is 10.5 Å². The zero-order valence-electron chi connectivity index (χ0n) is 11.6. The largest absolute Gasteiger partial charge is 0.397 e. The lowest BCUT2D eigenvalue weighted by atomic mass is 10.2. The normalized spacial score (nSPS) is 11.5. The standard InChI is InChI=1S/C14H11ClN4O3S/c15-8-1-3-10-13(5-8)17-7-14(10)23(21,22)19-9-2-4-12(18-20)11(16)6-9/h1-7,17,19H,16H2. The van der Waals surface area contributed by atoms with E-state index >= 15 is 0 Å². The molecule has 0 atom stereocenters. The molecule has 118 valence electrons. The van der Waals surface area contributed by atoms with Crippen LogP contribution in [0.1, 0.15) is 0 Å². The van der Waals surface area contributed by atoms with Crippen LogP contribution in [0.25, 0.3) is 10.9 Å². The van der Waals surface area contributed by atoms with Crippen molar-refractivity contribution >= 4 is 49.6 Å². The van der Waals surface area contributed by atoms with Gasteiger partial charge in [-0.25, -0.2) is 8.42 Å². The number of hydrogen-bond donors (Lipinski definition) is 3. The van der Waals surface area contributed by atoms with Crippen molar-refractivity contribution in [3.8, 4) is 0 Å². The molecule has 1 heterocycles. The lowest BCUT2D eigenvalue weighted by Crippen LogP contribution is -2.12. The fourth-order valence-corrected chi connectivity index (χ4v) is 3.61. The van der Waals surface area contributed by atoms with Gasteiger partial charge in [0.05, 0.1) is 11.4 Å². The third-order valence-electron chi connectivity index (χ3n) is 3.27. The number of nitrogens with two attached hydrogens (primary N) is 1. The van der Waals surface area contributed by atoms with Gasteiger partial charge in [-0.1, -0.05) is 11.6 Å². The molecule has 0 saturated carbocycles. The van der Waals surface area contributed by atoms with Gasteiger partial charge in [-0.15, -0.1) is 4.91 Å². The number of nitroso groups, excluding NO2 is 1. The van der Waals surface area contributed by atoms with Crippen LogP contribution < -0.4 is 10.5 Å². The average molecular weight is 351 g/mol. The van der Waals surface area contributed by atoms with Crippen LogP contribution >= 0.6 is 11.6 Å². The van der Waals surface area contributed by atoms with E-state index < -0.39 is 10.0 Å². The van der Waals surface area contributed by atoms with Gasteiger partial charge in [0, 0.05) is 22.1 Å². The Morgan fingerprint density at radius 2 is 1.96 bits per heavy atom. The highest BCUT2D eigenvalue weighted by Crippen LogP contribution is 2.29. The minimum Gasteiger partial charge on any atom is -0.397 e. The number of halogens is 1. The highest BCUT2D eigenvalue weighted by Gasteiger charge is 2.19. The smallest absolute Gasteiger partial charge is 0.264 e. The Morgan fingerprint density at radius 1 is 1.17 bits per heavy atom. The van der Waals surface area contributed by atoms with Gasteiger partial charge in [0.2, 0.25) is 0 Å². The van der Waals surface area contributed by atoms with E-state index in [-0.39, 0.29) is 22.0 Å². The fourth-order valence-electron chi connectivity index (χ4n) is 2.21. The van der Waals surface area contributed by atoms with Crippen LogP contribution in [-0.4, -0.2) is 13.4 Å². The number of aromatic amines is 1. The van der Waals surface area contributed by atoms with Crippen LogP contribution in [0.3, 0.4) is 0 Å². The number of nitrogens with one attached hydrogen (secondary N) is 2. The molecular weight excluding hydrogens is 340 g/mol. The summed E-state index contributed by atoms with van der Waals surface area (Å²) in [7, 11) is -3.83. The molecule has 0 fully saturated rings. The van der Waals surface area contributed by atoms with Gasteiger partial charge in [0.15, 0.2) is 0 Å². The first-order valence-electron chi connectivity index (χ1n) is 6.43. The first-order valence-corrected chi connectivity index (χ1v) is 8.29. The molecule has 0 unspecified atom stereocenters. The van der Waals surface area contributed by atoms with Crippen molar-refractivity contribution in [1.29, 1.82) is 0 Å². The fraction of sp³-hybridized carbons (Fsp3) is 0. The molecular formula is C14H11ClN4O3S. The number of rotatable bonds is 4. The molecule has 0 aliphatic rings. The maximum Gasteiger partial charge on any atom is 0.264 e. The Morgan fingerprint density at radius 3 is 2.65 bits per heavy atom. The van der Waals surface area contributed by atoms with E-state index in [1.165, 1.54) is 24.4 Å². The quantitative estimate of drug-likeness (QED) is 0.492. The zero-order valence-corrected chi connectivity index (χ0v) is 13.1. The predicted molar refractivity (Wildman–Crippen MR) is 90.4 cm³/mol. The molecule has 0 aliphatic carbocycles. The second-order valence-electron chi connectivity index (χ2n) is 4.81. The van der Waals surface area contributed by atoms with Crippen molar-refractivity contribution in [3.05, 3.63) is 52.5 Å². The van der Waals surface area contributed by atoms with Gasteiger partial charge in [0.1, 0.15) is 10.6 Å². The Labute approximate surface area is 136 Å². The predicted octanol–water partition coefficient (Wildman–Crippen LogP) is 3.60. The van der Waals surface area contributed by atoms with Gasteiger partial charge in [-0.2, -0.15) is 0 Å². The van der Waals surface area contributed by atoms with Crippen LogP contribution in [0.4, 0.5) is 17.1 Å². The number of H-pyrrole nitrogens is 1. The SMILES string of the molecule is Nc1cc(NS(=O)(=O)c2c[nH]c3cc(Cl)ccc23)ccc1N=O. The highest BCUT2D eigenvalue weighted by molar-refractivity contribution is 7.93. The first-order chi connectivity index (χ1) is 10.9. The van der Waals surface area contributed by atoms with Crippen molar-refractivity contribution in [3.63, 3.8) is 0 Å². The maximum atomic E-state index is 12.5. The Balaban J connectivity index is 2.00. The summed E-state index contributed by atoms with van der Waals surface area (Å²) in [5, 5.41) is 3.75. The molecule has 0 saturated heterocycles. The summed E-state index contributed by atoms with van der Waals surface area (Å²) in [6.07, 6.45) is 1.38. The van der Waals surface area contributed by atoms with Crippen molar-refractivity contribution in [1.82, 2.24) is 4.98 Å². The lowest BCUT2D eigenvalue weighted by molar-refractivity contribution is 0.602. The summed E-state index contributed by atoms with van der Waals surface area (Å²) in [4.78, 5) is 13.5. The number of nitrogen functional groups attached to an aromatic ring is 1. The molecule has 9 heteroatoms. The minimum atomic E-state index is -3.83. The summed E-state index contributed by atoms with van der Waals surface area (Å²) in [6.45, 7) is 0. The summed E-state index contributed by atoms with van der Waals surface area (Å²) >= 11 is 5.88. The molecule has 1 aromatic heterocycles. The summed E-state index contributed by atoms with van der Waals surface area (Å²) in [5.74, 6) is 0. The lowest BCUT2D eigenvalue weighted by Gasteiger charge is -2.08. The molecule has 0 bridgehead atoms. The number of fused-ring (bicyclic) bond motifs is 1. The first kappa shape index (κ1) is 15.3. The summed E-state index contributed by atoms with van der Waals surface area (Å²) in [5.41, 5.74) is 6.61. The number of anilines is 2. The van der Waals surface area contributed by atoms with Crippen LogP contribution in [0.15, 0.2) is 52.7 Å². The summed E-state index contributed by atoms with van der Waals surface area (Å²) in [6, 6.07) is 8.96. The van der Waals surface area contributed by atoms with Crippen molar-refractivity contribution < 1.29 is 8.42 Å². The van der Waals surface area contributed by atoms with E-state index in [0.29, 0.717) is 15.9 Å². The van der Waals surface area contributed by atoms with Crippen LogP contribution in [0.5, 0.6) is 0 Å². The van der Waals surface area contributed by atoms with E-state index in [4.69, 9.17) is 17.3 Å². The minimum absolute atomic E-state index is 0.0506. The third-order valence-corrected chi connectivity index (χ3v) is 4.93. The van der Waals surface area contributed by atoms with E-state index in [0.717, 1.165) is 0 Å². The summed E-state index contributed by atoms with van der Waals surface area (Å²) < 4.78 is 27.5. The Kier molecular flexibility index (Phi) is 3.70. The molecule has 0 radical (unpaired) electrons. The van der Waals surface area contributed by atoms with Crippen molar-refractivity contribution in [2.24, 2.45) is 5.18 Å². The van der Waals surface area contributed by atoms with Gasteiger partial charge in [0.25, 0.3) is 10.0 Å². The average Bonchev–Trinajstić information content (AvgIpc) is 2.90. The maximum absolute atomic E-state index is 12.5. The van der Waals surface area contributed by atoms with E-state index in [1.54, 1.807) is 18.2 Å². The monoisotopic (exact) mass is 350 g/mol. The Hall–Kier alpha value is -2.58. The number of nitrogens with zero attached hydrogens (tertiary/aromatic N) is 1. The van der Waals surface area contributed by atoms with Gasteiger partial charge < -0.3 is 10.7 Å². The molecule has 2 aromatic carbocycles. The topological polar surface area (TPSA) is 117 Å². The van der Waals surface area contributed by atoms with E-state index in [9.17, 15) is 13.3 Å². The molecule has 0 spiro atoms. The zero-order chi connectivity index (χ0) is 16.6. The van der Waals surface area contributed by atoms with Gasteiger partial charge in [-0.3, -0.25) is 4.72 Å². The highest BCUT2D eigenvalue weighted by atomic mass is 35.5. The number of hydrogen-bond acceptors (Lipinski definition) is 5. The van der Waals surface area contributed by atoms with Crippen LogP contribution in [0.2, 0.25) is 5.02 Å². The molecule has 23 heavy (non-hydrogen) atoms. The molecule has 0 aliphatic heterocycles. The molecule has 3 rings (SSSR count). The van der Waals surface area contributed by atoms with E-state index in [1.807, 2.05) is 0 Å². The number of aromatic nitrogens is 1. The third kappa shape index (κ3) is 2.86. The van der Waals surface area contributed by atoms with Crippen molar-refractivity contribution in [2.45, 2.75) is 4.90 Å². The molecule has 0 amide bonds. The number of benzene rings is 2. The van der Waals surface area contributed by atoms with E-state index in [2.05, 4.69) is 14.9 Å². The molecule has 7 nitrogen and oxygen atoms in total. The molecule has 3 aromatic rings.